The molecular weight excluding hydrogens is 406 g/mol. The Bertz CT molecular complexity index is 587. The van der Waals surface area contributed by atoms with E-state index >= 15 is 0 Å². The van der Waals surface area contributed by atoms with Gasteiger partial charge in [-0.05, 0) is 6.92 Å². The van der Waals surface area contributed by atoms with Gasteiger partial charge in [0.1, 0.15) is 6.61 Å². The Hall–Kier alpha value is -1.67. The number of nitrogens with zero attached hydrogens (tertiary/aromatic N) is 1. The molecule has 0 amide bonds. The standard InChI is InChI=1S/C11H7F12NO2/c1-4(2)5(25)26-3-6(12,9(17,18)19)24-10(20,21)7(13,14)8(15,16)11(24,22)23/h1,3H2,2H3. The van der Waals surface area contributed by atoms with Crippen LogP contribution in [0.2, 0.25) is 0 Å². The highest BCUT2D eigenvalue weighted by Gasteiger charge is 2.97. The van der Waals surface area contributed by atoms with E-state index in [2.05, 4.69) is 11.3 Å². The van der Waals surface area contributed by atoms with Crippen molar-refractivity contribution in [1.82, 2.24) is 4.90 Å². The van der Waals surface area contributed by atoms with Gasteiger partial charge in [0.15, 0.2) is 0 Å². The van der Waals surface area contributed by atoms with Crippen LogP contribution in [-0.2, 0) is 9.53 Å². The number of likely N-dealkylation sites (tertiary alicyclic amines) is 1. The molecular formula is C11H7F12NO2. The fourth-order valence-electron chi connectivity index (χ4n) is 1.84. The van der Waals surface area contributed by atoms with Crippen molar-refractivity contribution in [2.24, 2.45) is 0 Å². The van der Waals surface area contributed by atoms with E-state index < -0.39 is 59.0 Å². The van der Waals surface area contributed by atoms with E-state index in [4.69, 9.17) is 0 Å². The van der Waals surface area contributed by atoms with Crippen molar-refractivity contribution in [3.8, 4) is 0 Å². The molecule has 0 radical (unpaired) electrons. The van der Waals surface area contributed by atoms with Gasteiger partial charge in [0, 0.05) is 5.57 Å². The van der Waals surface area contributed by atoms with Crippen LogP contribution < -0.4 is 0 Å². The lowest BCUT2D eigenvalue weighted by Crippen LogP contribution is -2.68. The predicted octanol–water partition coefficient (Wildman–Crippen LogP) is 4.11. The van der Waals surface area contributed by atoms with Gasteiger partial charge in [-0.15, -0.1) is 4.90 Å². The molecule has 0 bridgehead atoms. The summed E-state index contributed by atoms with van der Waals surface area (Å²) in [6.07, 6.45) is -6.88. The molecule has 1 aliphatic heterocycles. The topological polar surface area (TPSA) is 29.5 Å². The summed E-state index contributed by atoms with van der Waals surface area (Å²) in [6.45, 7) is 0.482. The van der Waals surface area contributed by atoms with Gasteiger partial charge < -0.3 is 4.74 Å². The van der Waals surface area contributed by atoms with Crippen molar-refractivity contribution in [2.75, 3.05) is 6.61 Å². The summed E-state index contributed by atoms with van der Waals surface area (Å²) in [7, 11) is 0. The largest absolute Gasteiger partial charge is 0.457 e. The first kappa shape index (κ1) is 22.4. The number of esters is 1. The van der Waals surface area contributed by atoms with Crippen molar-refractivity contribution in [2.45, 2.75) is 42.8 Å². The fourth-order valence-corrected chi connectivity index (χ4v) is 1.84. The first-order valence-electron chi connectivity index (χ1n) is 6.09. The average Bonchev–Trinajstić information content (AvgIpc) is 2.48. The van der Waals surface area contributed by atoms with Crippen molar-refractivity contribution in [1.29, 1.82) is 0 Å². The zero-order valence-corrected chi connectivity index (χ0v) is 12.2. The van der Waals surface area contributed by atoms with E-state index in [1.54, 1.807) is 0 Å². The third-order valence-electron chi connectivity index (χ3n) is 3.24. The molecule has 0 aromatic carbocycles. The molecule has 1 unspecified atom stereocenters. The maximum atomic E-state index is 14.2. The highest BCUT2D eigenvalue weighted by atomic mass is 19.4. The number of rotatable bonds is 4. The summed E-state index contributed by atoms with van der Waals surface area (Å²) >= 11 is 0. The fraction of sp³-hybridized carbons (Fsp3) is 0.727. The van der Waals surface area contributed by atoms with Crippen LogP contribution in [-0.4, -0.2) is 53.4 Å². The van der Waals surface area contributed by atoms with Gasteiger partial charge in [0.25, 0.3) is 0 Å². The molecule has 0 aliphatic carbocycles. The predicted molar refractivity (Wildman–Crippen MR) is 57.3 cm³/mol. The third-order valence-corrected chi connectivity index (χ3v) is 3.24. The zero-order valence-electron chi connectivity index (χ0n) is 12.2. The Morgan fingerprint density at radius 2 is 1.27 bits per heavy atom. The molecule has 1 fully saturated rings. The molecule has 15 heteroatoms. The second-order valence-corrected chi connectivity index (χ2v) is 5.18. The molecule has 0 aromatic heterocycles. The second kappa shape index (κ2) is 5.66. The first-order valence-corrected chi connectivity index (χ1v) is 6.09. The van der Waals surface area contributed by atoms with Crippen LogP contribution in [0.5, 0.6) is 0 Å². The summed E-state index contributed by atoms with van der Waals surface area (Å²) in [6, 6.07) is -14.0. The molecule has 1 atom stereocenters. The smallest absolute Gasteiger partial charge is 0.440 e. The number of carbonyl (C=O) groups is 1. The molecule has 3 nitrogen and oxygen atoms in total. The lowest BCUT2D eigenvalue weighted by Gasteiger charge is -2.40. The van der Waals surface area contributed by atoms with E-state index in [9.17, 15) is 57.5 Å². The summed E-state index contributed by atoms with van der Waals surface area (Å²) < 4.78 is 162. The Kier molecular flexibility index (Phi) is 4.87. The molecule has 0 aromatic rings. The lowest BCUT2D eigenvalue weighted by molar-refractivity contribution is -0.399. The molecule has 26 heavy (non-hydrogen) atoms. The molecule has 0 N–H and O–H groups in total. The van der Waals surface area contributed by atoms with Gasteiger partial charge >= 0.3 is 41.9 Å². The minimum absolute atomic E-state index is 0.759. The van der Waals surface area contributed by atoms with Crippen LogP contribution in [0.1, 0.15) is 6.92 Å². The van der Waals surface area contributed by atoms with Crippen LogP contribution in [0.15, 0.2) is 12.2 Å². The molecule has 0 spiro atoms. The lowest BCUT2D eigenvalue weighted by atomic mass is 10.2. The van der Waals surface area contributed by atoms with E-state index in [0.29, 0.717) is 0 Å². The zero-order chi connectivity index (χ0) is 21.1. The number of hydrogen-bond acceptors (Lipinski definition) is 3. The molecule has 0 saturated carbocycles. The number of halogens is 12. The van der Waals surface area contributed by atoms with E-state index in [1.807, 2.05) is 0 Å². The van der Waals surface area contributed by atoms with Gasteiger partial charge in [0.2, 0.25) is 0 Å². The molecule has 152 valence electrons. The van der Waals surface area contributed by atoms with Crippen LogP contribution in [0.3, 0.4) is 0 Å². The highest BCUT2D eigenvalue weighted by molar-refractivity contribution is 5.86. The molecule has 1 saturated heterocycles. The Balaban J connectivity index is 3.61. The van der Waals surface area contributed by atoms with Crippen LogP contribution in [0, 0.1) is 0 Å². The number of hydrogen-bond donors (Lipinski definition) is 0. The van der Waals surface area contributed by atoms with Crippen molar-refractivity contribution >= 4 is 5.97 Å². The molecule has 1 rings (SSSR count). The summed E-state index contributed by atoms with van der Waals surface area (Å²) in [5.74, 6) is -22.4. The Labute approximate surface area is 136 Å². The number of ether oxygens (including phenoxy) is 1. The van der Waals surface area contributed by atoms with Crippen LogP contribution in [0.4, 0.5) is 52.7 Å². The SMILES string of the molecule is C=C(C)C(=O)OCC(F)(N1C(F)(F)C(F)(F)C(F)(F)C1(F)F)C(F)(F)F. The first-order chi connectivity index (χ1) is 11.2. The second-order valence-electron chi connectivity index (χ2n) is 5.18. The maximum Gasteiger partial charge on any atom is 0.440 e. The maximum absolute atomic E-state index is 14.2. The van der Waals surface area contributed by atoms with E-state index in [0.717, 1.165) is 6.92 Å². The minimum atomic E-state index is -7.09. The van der Waals surface area contributed by atoms with Gasteiger partial charge in [-0.25, -0.2) is 9.18 Å². The quantitative estimate of drug-likeness (QED) is 0.301. The van der Waals surface area contributed by atoms with Crippen molar-refractivity contribution < 1.29 is 62.2 Å². The van der Waals surface area contributed by atoms with Gasteiger partial charge in [0.05, 0.1) is 0 Å². The van der Waals surface area contributed by atoms with E-state index in [-0.39, 0.29) is 0 Å². The van der Waals surface area contributed by atoms with E-state index in [1.165, 1.54) is 0 Å². The summed E-state index contributed by atoms with van der Waals surface area (Å²) in [5, 5.41) is 0. The van der Waals surface area contributed by atoms with Crippen molar-refractivity contribution in [3.63, 3.8) is 0 Å². The third kappa shape index (κ3) is 2.62. The molecule has 1 aliphatic rings. The van der Waals surface area contributed by atoms with Crippen LogP contribution >= 0.6 is 0 Å². The molecule has 1 heterocycles. The summed E-state index contributed by atoms with van der Waals surface area (Å²) in [4.78, 5) is 7.64. The normalized spacial score (nSPS) is 26.2. The average molecular weight is 413 g/mol. The van der Waals surface area contributed by atoms with Gasteiger partial charge in [-0.1, -0.05) is 6.58 Å². The monoisotopic (exact) mass is 413 g/mol. The van der Waals surface area contributed by atoms with Crippen LogP contribution in [0.25, 0.3) is 0 Å². The van der Waals surface area contributed by atoms with Crippen molar-refractivity contribution in [3.05, 3.63) is 12.2 Å². The van der Waals surface area contributed by atoms with Gasteiger partial charge in [-0.3, -0.25) is 0 Å². The Morgan fingerprint density at radius 1 is 0.923 bits per heavy atom. The number of carbonyl (C=O) groups excluding carboxylic acids is 1. The number of alkyl halides is 12. The Morgan fingerprint density at radius 3 is 1.54 bits per heavy atom. The highest BCUT2D eigenvalue weighted by Crippen LogP contribution is 2.66. The summed E-state index contributed by atoms with van der Waals surface area (Å²) in [5.41, 5.74) is -0.759. The van der Waals surface area contributed by atoms with Gasteiger partial charge in [-0.2, -0.15) is 48.3 Å². The minimum Gasteiger partial charge on any atom is -0.457 e.